The summed E-state index contributed by atoms with van der Waals surface area (Å²) in [6.07, 6.45) is 0. The molecule has 0 bridgehead atoms. The van der Waals surface area contributed by atoms with E-state index in [1.807, 2.05) is 12.1 Å². The lowest BCUT2D eigenvalue weighted by Crippen LogP contribution is -2.41. The SMILES string of the molecule is CC(C)c1ccc(C(=O)NC(=S)NNc2ccc([N+](=O)[O-])cc2)cc1. The Bertz CT molecular complexity index is 773. The molecule has 0 aliphatic heterocycles. The van der Waals surface area contributed by atoms with Crippen molar-refractivity contribution in [2.45, 2.75) is 19.8 Å². The van der Waals surface area contributed by atoms with Crippen LogP contribution < -0.4 is 16.2 Å². The van der Waals surface area contributed by atoms with Gasteiger partial charge in [0, 0.05) is 17.7 Å². The van der Waals surface area contributed by atoms with Crippen molar-refractivity contribution in [3.8, 4) is 0 Å². The number of nitrogens with zero attached hydrogens (tertiary/aromatic N) is 1. The van der Waals surface area contributed by atoms with E-state index in [1.165, 1.54) is 24.3 Å². The quantitative estimate of drug-likeness (QED) is 0.431. The van der Waals surface area contributed by atoms with Gasteiger partial charge in [-0.2, -0.15) is 0 Å². The Morgan fingerprint density at radius 1 is 1.08 bits per heavy atom. The first-order valence-electron chi connectivity index (χ1n) is 7.58. The summed E-state index contributed by atoms with van der Waals surface area (Å²) < 4.78 is 0. The van der Waals surface area contributed by atoms with Crippen molar-refractivity contribution in [1.82, 2.24) is 10.7 Å². The molecule has 2 aromatic rings. The van der Waals surface area contributed by atoms with Gasteiger partial charge in [-0.05, 0) is 48.0 Å². The molecule has 0 fully saturated rings. The Balaban J connectivity index is 1.86. The van der Waals surface area contributed by atoms with Gasteiger partial charge in [-0.15, -0.1) is 0 Å². The predicted molar refractivity (Wildman–Crippen MR) is 100 cm³/mol. The van der Waals surface area contributed by atoms with Crippen LogP contribution in [0.5, 0.6) is 0 Å². The Hall–Kier alpha value is -3.00. The van der Waals surface area contributed by atoms with Crippen molar-refractivity contribution in [3.05, 3.63) is 69.8 Å². The van der Waals surface area contributed by atoms with Crippen molar-refractivity contribution < 1.29 is 9.72 Å². The number of amides is 1. The van der Waals surface area contributed by atoms with Crippen LogP contribution in [0.4, 0.5) is 11.4 Å². The molecule has 0 aliphatic rings. The number of nitro groups is 1. The number of carbonyl (C=O) groups is 1. The topological polar surface area (TPSA) is 96.3 Å². The summed E-state index contributed by atoms with van der Waals surface area (Å²) in [4.78, 5) is 22.2. The van der Waals surface area contributed by atoms with E-state index in [9.17, 15) is 14.9 Å². The minimum atomic E-state index is -0.480. The zero-order chi connectivity index (χ0) is 18.4. The standard InChI is InChI=1S/C17H18N4O3S/c1-11(2)12-3-5-13(6-4-12)16(22)18-17(25)20-19-14-7-9-15(10-8-14)21(23)24/h3-11,19H,1-2H3,(H2,18,20,22,25). The number of hydrogen-bond acceptors (Lipinski definition) is 5. The maximum atomic E-state index is 12.1. The second-order valence-corrected chi connectivity index (χ2v) is 6.02. The van der Waals surface area contributed by atoms with Crippen LogP contribution in [0.2, 0.25) is 0 Å². The molecule has 8 heteroatoms. The Labute approximate surface area is 150 Å². The van der Waals surface area contributed by atoms with E-state index in [0.29, 0.717) is 17.2 Å². The molecule has 25 heavy (non-hydrogen) atoms. The van der Waals surface area contributed by atoms with E-state index in [0.717, 1.165) is 5.56 Å². The van der Waals surface area contributed by atoms with E-state index >= 15 is 0 Å². The van der Waals surface area contributed by atoms with Crippen LogP contribution in [0.25, 0.3) is 0 Å². The molecule has 7 nitrogen and oxygen atoms in total. The fraction of sp³-hybridized carbons (Fsp3) is 0.176. The summed E-state index contributed by atoms with van der Waals surface area (Å²) in [5.74, 6) is 0.0732. The number of hydrazine groups is 1. The third kappa shape index (κ3) is 5.25. The molecule has 2 aromatic carbocycles. The lowest BCUT2D eigenvalue weighted by atomic mass is 10.0. The van der Waals surface area contributed by atoms with Gasteiger partial charge in [-0.1, -0.05) is 26.0 Å². The first-order chi connectivity index (χ1) is 11.9. The number of thiocarbonyl (C=S) groups is 1. The fourth-order valence-corrected chi connectivity index (χ4v) is 2.17. The summed E-state index contributed by atoms with van der Waals surface area (Å²) in [7, 11) is 0. The van der Waals surface area contributed by atoms with Gasteiger partial charge >= 0.3 is 0 Å². The number of rotatable bonds is 5. The van der Waals surface area contributed by atoms with Crippen LogP contribution in [0.15, 0.2) is 48.5 Å². The van der Waals surface area contributed by atoms with Gasteiger partial charge in [0.1, 0.15) is 0 Å². The lowest BCUT2D eigenvalue weighted by molar-refractivity contribution is -0.384. The second-order valence-electron chi connectivity index (χ2n) is 5.61. The first kappa shape index (κ1) is 18.3. The van der Waals surface area contributed by atoms with E-state index in [4.69, 9.17) is 12.2 Å². The highest BCUT2D eigenvalue weighted by molar-refractivity contribution is 7.80. The molecule has 0 atom stereocenters. The summed E-state index contributed by atoms with van der Waals surface area (Å²) >= 11 is 5.05. The Morgan fingerprint density at radius 3 is 2.20 bits per heavy atom. The molecule has 0 aromatic heterocycles. The van der Waals surface area contributed by atoms with Crippen molar-refractivity contribution in [2.75, 3.05) is 5.43 Å². The molecule has 0 radical (unpaired) electrons. The minimum absolute atomic E-state index is 0.00808. The Kier molecular flexibility index (Phi) is 6.02. The molecule has 1 amide bonds. The summed E-state index contributed by atoms with van der Waals surface area (Å²) in [6, 6.07) is 13.1. The molecular formula is C17H18N4O3S. The highest BCUT2D eigenvalue weighted by Gasteiger charge is 2.09. The van der Waals surface area contributed by atoms with Crippen molar-refractivity contribution in [1.29, 1.82) is 0 Å². The summed E-state index contributed by atoms with van der Waals surface area (Å²) in [6.45, 7) is 4.16. The van der Waals surface area contributed by atoms with Gasteiger partial charge in [0.05, 0.1) is 10.6 Å². The zero-order valence-corrected chi connectivity index (χ0v) is 14.6. The number of nitro benzene ring substituents is 1. The molecule has 130 valence electrons. The molecule has 0 heterocycles. The second kappa shape index (κ2) is 8.20. The van der Waals surface area contributed by atoms with Crippen LogP contribution in [0, 0.1) is 10.1 Å². The number of anilines is 1. The van der Waals surface area contributed by atoms with Gasteiger partial charge in [-0.25, -0.2) is 0 Å². The van der Waals surface area contributed by atoms with Gasteiger partial charge in [0.25, 0.3) is 11.6 Å². The average molecular weight is 358 g/mol. The fourth-order valence-electron chi connectivity index (χ4n) is 2.02. The number of nitrogens with one attached hydrogen (secondary N) is 3. The minimum Gasteiger partial charge on any atom is -0.299 e. The van der Waals surface area contributed by atoms with Crippen LogP contribution in [0.3, 0.4) is 0 Å². The number of benzene rings is 2. The highest BCUT2D eigenvalue weighted by Crippen LogP contribution is 2.15. The molecule has 2 rings (SSSR count). The largest absolute Gasteiger partial charge is 0.299 e. The average Bonchev–Trinajstić information content (AvgIpc) is 2.60. The predicted octanol–water partition coefficient (Wildman–Crippen LogP) is 3.35. The monoisotopic (exact) mass is 358 g/mol. The van der Waals surface area contributed by atoms with Crippen LogP contribution >= 0.6 is 12.2 Å². The number of hydrogen-bond donors (Lipinski definition) is 3. The van der Waals surface area contributed by atoms with Gasteiger partial charge in [0.2, 0.25) is 0 Å². The zero-order valence-electron chi connectivity index (χ0n) is 13.8. The maximum absolute atomic E-state index is 12.1. The maximum Gasteiger partial charge on any atom is 0.269 e. The third-order valence-corrected chi connectivity index (χ3v) is 3.67. The molecule has 0 saturated carbocycles. The number of carbonyl (C=O) groups excluding carboxylic acids is 1. The van der Waals surface area contributed by atoms with Crippen LogP contribution in [0.1, 0.15) is 35.7 Å². The molecular weight excluding hydrogens is 340 g/mol. The number of non-ortho nitro benzene ring substituents is 1. The molecule has 0 spiro atoms. The van der Waals surface area contributed by atoms with Gasteiger partial charge in [-0.3, -0.25) is 31.1 Å². The van der Waals surface area contributed by atoms with E-state index < -0.39 is 4.92 Å². The molecule has 0 aliphatic carbocycles. The van der Waals surface area contributed by atoms with Crippen molar-refractivity contribution in [2.24, 2.45) is 0 Å². The molecule has 3 N–H and O–H groups in total. The molecule has 0 unspecified atom stereocenters. The smallest absolute Gasteiger partial charge is 0.269 e. The highest BCUT2D eigenvalue weighted by atomic mass is 32.1. The summed E-state index contributed by atoms with van der Waals surface area (Å²) in [5.41, 5.74) is 7.64. The van der Waals surface area contributed by atoms with Crippen molar-refractivity contribution >= 4 is 34.6 Å². The normalized spacial score (nSPS) is 10.2. The van der Waals surface area contributed by atoms with Crippen LogP contribution in [-0.4, -0.2) is 15.9 Å². The van der Waals surface area contributed by atoms with Gasteiger partial charge in [0.15, 0.2) is 5.11 Å². The van der Waals surface area contributed by atoms with Crippen LogP contribution in [-0.2, 0) is 0 Å². The van der Waals surface area contributed by atoms with Gasteiger partial charge < -0.3 is 0 Å². The third-order valence-electron chi connectivity index (χ3n) is 3.47. The van der Waals surface area contributed by atoms with Crippen molar-refractivity contribution in [3.63, 3.8) is 0 Å². The van der Waals surface area contributed by atoms with E-state index in [1.54, 1.807) is 12.1 Å². The molecule has 0 saturated heterocycles. The first-order valence-corrected chi connectivity index (χ1v) is 7.99. The summed E-state index contributed by atoms with van der Waals surface area (Å²) in [5, 5.41) is 13.2. The lowest BCUT2D eigenvalue weighted by Gasteiger charge is -2.12. The Morgan fingerprint density at radius 2 is 1.68 bits per heavy atom. The van der Waals surface area contributed by atoms with E-state index in [-0.39, 0.29) is 16.7 Å². The van der Waals surface area contributed by atoms with E-state index in [2.05, 4.69) is 30.0 Å².